The number of benzene rings is 3. The minimum Gasteiger partial charge on any atom is -0.371 e. The summed E-state index contributed by atoms with van der Waals surface area (Å²) in [5.74, 6) is 0. The molecule has 1 N–H and O–H groups in total. The zero-order valence-electron chi connectivity index (χ0n) is 19.2. The van der Waals surface area contributed by atoms with Gasteiger partial charge in [-0.2, -0.15) is 0 Å². The summed E-state index contributed by atoms with van der Waals surface area (Å²) in [4.78, 5) is 26.7. The third kappa shape index (κ3) is 2.68. The summed E-state index contributed by atoms with van der Waals surface area (Å²) in [6.07, 6.45) is 0. The Kier molecular flexibility index (Phi) is 4.39. The summed E-state index contributed by atoms with van der Waals surface area (Å²) in [5, 5.41) is 4.25. The van der Waals surface area contributed by atoms with E-state index in [0.717, 1.165) is 39.5 Å². The molecule has 168 valence electrons. The molecule has 0 saturated heterocycles. The van der Waals surface area contributed by atoms with E-state index in [-0.39, 0.29) is 17.3 Å². The first kappa shape index (κ1) is 20.3. The van der Waals surface area contributed by atoms with Gasteiger partial charge in [-0.25, -0.2) is 4.79 Å². The van der Waals surface area contributed by atoms with Crippen molar-refractivity contribution in [3.63, 3.8) is 0 Å². The molecule has 0 aliphatic carbocycles. The molecule has 6 nitrogen and oxygen atoms in total. The van der Waals surface area contributed by atoms with Crippen LogP contribution in [0.1, 0.15) is 22.9 Å². The predicted molar refractivity (Wildman–Crippen MR) is 136 cm³/mol. The summed E-state index contributed by atoms with van der Waals surface area (Å²) in [6.45, 7) is 2.09. The Hall–Kier alpha value is -4.32. The van der Waals surface area contributed by atoms with Gasteiger partial charge in [0.05, 0.1) is 39.7 Å². The van der Waals surface area contributed by atoms with Crippen molar-refractivity contribution < 1.29 is 0 Å². The fourth-order valence-corrected chi connectivity index (χ4v) is 5.23. The van der Waals surface area contributed by atoms with Crippen LogP contribution in [0.5, 0.6) is 0 Å². The van der Waals surface area contributed by atoms with Crippen LogP contribution in [0.15, 0.2) is 88.5 Å². The van der Waals surface area contributed by atoms with Gasteiger partial charge in [-0.3, -0.25) is 13.9 Å². The number of nitrogens with one attached hydrogen (secondary N) is 1. The number of aromatic nitrogens is 3. The molecule has 0 saturated carbocycles. The number of aryl methyl sites for hydroxylation is 2. The highest BCUT2D eigenvalue weighted by molar-refractivity contribution is 5.99. The number of rotatable bonds is 2. The standard InChI is InChI=1S/C28H24N4O2/c1-17-11-7-8-14-19(17)23-26-25-22(27(33)31(3)28(34)30(25)2)24(18-12-5-4-6-13-18)32(26)21-16-10-9-15-20(21)29-23/h4-16,23,29H,1-3H3. The normalized spacial score (nSPS) is 14.5. The smallest absolute Gasteiger partial charge is 0.331 e. The fourth-order valence-electron chi connectivity index (χ4n) is 5.23. The lowest BCUT2D eigenvalue weighted by molar-refractivity contribution is 0.708. The third-order valence-corrected chi connectivity index (χ3v) is 6.87. The average molecular weight is 449 g/mol. The van der Waals surface area contributed by atoms with Crippen molar-refractivity contribution in [1.82, 2.24) is 13.7 Å². The molecule has 0 fully saturated rings. The zero-order valence-corrected chi connectivity index (χ0v) is 19.2. The van der Waals surface area contributed by atoms with Crippen LogP contribution in [0, 0.1) is 6.92 Å². The van der Waals surface area contributed by atoms with Crippen molar-refractivity contribution in [2.75, 3.05) is 5.32 Å². The van der Waals surface area contributed by atoms with E-state index in [9.17, 15) is 9.59 Å². The van der Waals surface area contributed by atoms with Gasteiger partial charge < -0.3 is 9.88 Å². The molecule has 0 bridgehead atoms. The summed E-state index contributed by atoms with van der Waals surface area (Å²) in [7, 11) is 3.29. The second-order valence-corrected chi connectivity index (χ2v) is 8.82. The van der Waals surface area contributed by atoms with Crippen LogP contribution in [0.25, 0.3) is 27.8 Å². The number of anilines is 1. The van der Waals surface area contributed by atoms with E-state index in [4.69, 9.17) is 0 Å². The highest BCUT2D eigenvalue weighted by Gasteiger charge is 2.35. The van der Waals surface area contributed by atoms with Crippen LogP contribution in [-0.2, 0) is 14.1 Å². The molecular weight excluding hydrogens is 424 g/mol. The molecule has 3 aromatic carbocycles. The van der Waals surface area contributed by atoms with Gasteiger partial charge in [0.2, 0.25) is 0 Å². The van der Waals surface area contributed by atoms with Crippen LogP contribution >= 0.6 is 0 Å². The summed E-state index contributed by atoms with van der Waals surface area (Å²) in [6, 6.07) is 26.0. The second kappa shape index (κ2) is 7.35. The summed E-state index contributed by atoms with van der Waals surface area (Å²) in [5.41, 5.74) is 6.80. The fraction of sp³-hybridized carbons (Fsp3) is 0.143. The molecule has 0 spiro atoms. The van der Waals surface area contributed by atoms with Crippen molar-refractivity contribution >= 4 is 16.6 Å². The van der Waals surface area contributed by atoms with Gasteiger partial charge >= 0.3 is 5.69 Å². The number of hydrogen-bond acceptors (Lipinski definition) is 3. The minimum atomic E-state index is -0.340. The Morgan fingerprint density at radius 3 is 2.24 bits per heavy atom. The Labute approximate surface area is 196 Å². The Bertz CT molecular complexity index is 1710. The number of fused-ring (bicyclic) bond motifs is 5. The molecule has 2 aromatic heterocycles. The number of para-hydroxylation sites is 2. The molecule has 6 heteroatoms. The van der Waals surface area contributed by atoms with Crippen molar-refractivity contribution in [3.8, 4) is 16.9 Å². The van der Waals surface area contributed by atoms with Crippen LogP contribution in [0.3, 0.4) is 0 Å². The lowest BCUT2D eigenvalue weighted by atomic mass is 9.96. The van der Waals surface area contributed by atoms with Gasteiger partial charge in [-0.05, 0) is 35.7 Å². The van der Waals surface area contributed by atoms with Crippen molar-refractivity contribution in [3.05, 3.63) is 117 Å². The SMILES string of the molecule is Cc1ccccc1C1Nc2ccccc2-n2c(-c3ccccc3)c3c(=O)n(C)c(=O)n(C)c3c21. The zero-order chi connectivity index (χ0) is 23.6. The van der Waals surface area contributed by atoms with E-state index < -0.39 is 0 Å². The summed E-state index contributed by atoms with van der Waals surface area (Å²) < 4.78 is 4.97. The van der Waals surface area contributed by atoms with Crippen LogP contribution in [0.2, 0.25) is 0 Å². The highest BCUT2D eigenvalue weighted by atomic mass is 16.2. The lowest BCUT2D eigenvalue weighted by Gasteiger charge is -2.32. The van der Waals surface area contributed by atoms with Crippen LogP contribution in [-0.4, -0.2) is 13.7 Å². The van der Waals surface area contributed by atoms with Gasteiger partial charge in [0.25, 0.3) is 5.56 Å². The van der Waals surface area contributed by atoms with Crippen molar-refractivity contribution in [1.29, 1.82) is 0 Å². The maximum Gasteiger partial charge on any atom is 0.331 e. The number of nitrogens with zero attached hydrogens (tertiary/aromatic N) is 3. The lowest BCUT2D eigenvalue weighted by Crippen LogP contribution is -2.37. The maximum absolute atomic E-state index is 13.7. The molecule has 34 heavy (non-hydrogen) atoms. The van der Waals surface area contributed by atoms with E-state index >= 15 is 0 Å². The highest BCUT2D eigenvalue weighted by Crippen LogP contribution is 2.45. The third-order valence-electron chi connectivity index (χ3n) is 6.87. The Balaban J connectivity index is 1.89. The Morgan fingerprint density at radius 2 is 1.47 bits per heavy atom. The molecule has 6 rings (SSSR count). The van der Waals surface area contributed by atoms with Gasteiger partial charge in [0.1, 0.15) is 0 Å². The largest absolute Gasteiger partial charge is 0.371 e. The summed E-state index contributed by atoms with van der Waals surface area (Å²) >= 11 is 0. The minimum absolute atomic E-state index is 0.242. The molecule has 1 atom stereocenters. The maximum atomic E-state index is 13.7. The van der Waals surface area contributed by atoms with Gasteiger partial charge in [0, 0.05) is 14.1 Å². The first-order valence-corrected chi connectivity index (χ1v) is 11.3. The molecule has 1 unspecified atom stereocenters. The van der Waals surface area contributed by atoms with E-state index in [1.54, 1.807) is 18.7 Å². The van der Waals surface area contributed by atoms with Gasteiger partial charge in [-0.1, -0.05) is 66.7 Å². The Morgan fingerprint density at radius 1 is 0.794 bits per heavy atom. The predicted octanol–water partition coefficient (Wildman–Crippen LogP) is 4.52. The quantitative estimate of drug-likeness (QED) is 0.432. The van der Waals surface area contributed by atoms with E-state index in [0.29, 0.717) is 10.9 Å². The molecular formula is C28H24N4O2. The van der Waals surface area contributed by atoms with Crippen LogP contribution < -0.4 is 16.6 Å². The first-order valence-electron chi connectivity index (χ1n) is 11.3. The topological polar surface area (TPSA) is 61.0 Å². The molecule has 5 aromatic rings. The first-order chi connectivity index (χ1) is 16.5. The van der Waals surface area contributed by atoms with E-state index in [1.807, 2.05) is 60.7 Å². The molecule has 0 radical (unpaired) electrons. The van der Waals surface area contributed by atoms with Gasteiger partial charge in [0.15, 0.2) is 0 Å². The molecule has 1 aliphatic heterocycles. The second-order valence-electron chi connectivity index (χ2n) is 8.82. The number of hydrogen-bond donors (Lipinski definition) is 1. The molecule has 3 heterocycles. The van der Waals surface area contributed by atoms with Gasteiger partial charge in [-0.15, -0.1) is 0 Å². The van der Waals surface area contributed by atoms with E-state index in [2.05, 4.69) is 35.0 Å². The molecule has 0 amide bonds. The molecule has 1 aliphatic rings. The van der Waals surface area contributed by atoms with Crippen LogP contribution in [0.4, 0.5) is 5.69 Å². The van der Waals surface area contributed by atoms with Crippen molar-refractivity contribution in [2.24, 2.45) is 14.1 Å². The average Bonchev–Trinajstić information content (AvgIpc) is 3.23. The van der Waals surface area contributed by atoms with E-state index in [1.165, 1.54) is 4.57 Å². The monoisotopic (exact) mass is 448 g/mol. The van der Waals surface area contributed by atoms with Crippen molar-refractivity contribution in [2.45, 2.75) is 13.0 Å².